The summed E-state index contributed by atoms with van der Waals surface area (Å²) in [4.78, 5) is 15.1. The number of methoxy groups -OCH3 is 1. The maximum absolute atomic E-state index is 13.0. The fraction of sp³-hybridized carbons (Fsp3) is 0.357. The fourth-order valence-electron chi connectivity index (χ4n) is 5.00. The van der Waals surface area contributed by atoms with Crippen LogP contribution in [0.25, 0.3) is 16.6 Å². The number of hydrogen-bond donors (Lipinski definition) is 1. The summed E-state index contributed by atoms with van der Waals surface area (Å²) in [5, 5.41) is 18.1. The number of hydrogen-bond acceptors (Lipinski definition) is 6. The van der Waals surface area contributed by atoms with E-state index in [4.69, 9.17) is 9.84 Å². The van der Waals surface area contributed by atoms with Crippen LogP contribution in [-0.4, -0.2) is 52.6 Å². The van der Waals surface area contributed by atoms with Crippen molar-refractivity contribution in [1.82, 2.24) is 25.3 Å². The molecule has 1 saturated heterocycles. The van der Waals surface area contributed by atoms with Gasteiger partial charge in [0, 0.05) is 19.6 Å². The first-order chi connectivity index (χ1) is 17.5. The Hall–Kier alpha value is -3.94. The van der Waals surface area contributed by atoms with Crippen molar-refractivity contribution in [2.24, 2.45) is 5.92 Å². The molecule has 1 aliphatic heterocycles. The van der Waals surface area contributed by atoms with Crippen molar-refractivity contribution in [1.29, 1.82) is 0 Å². The number of amides is 1. The lowest BCUT2D eigenvalue weighted by atomic mass is 9.97. The van der Waals surface area contributed by atoms with Gasteiger partial charge in [0.25, 0.3) is 0 Å². The minimum atomic E-state index is -0.0857. The van der Waals surface area contributed by atoms with E-state index >= 15 is 0 Å². The third kappa shape index (κ3) is 4.76. The number of rotatable bonds is 7. The van der Waals surface area contributed by atoms with Crippen molar-refractivity contribution >= 4 is 22.6 Å². The van der Waals surface area contributed by atoms with Gasteiger partial charge in [-0.2, -0.15) is 10.2 Å². The predicted molar refractivity (Wildman–Crippen MR) is 141 cm³/mol. The topological polar surface area (TPSA) is 85.2 Å². The summed E-state index contributed by atoms with van der Waals surface area (Å²) in [6.07, 6.45) is 2.62. The molecule has 5 rings (SSSR count). The van der Waals surface area contributed by atoms with Crippen LogP contribution in [0.3, 0.4) is 0 Å². The molecular weight excluding hydrogens is 452 g/mol. The van der Waals surface area contributed by atoms with Crippen LogP contribution in [0.4, 0.5) is 5.82 Å². The molecule has 8 nitrogen and oxygen atoms in total. The van der Waals surface area contributed by atoms with E-state index in [0.29, 0.717) is 13.1 Å². The predicted octanol–water partition coefficient (Wildman–Crippen LogP) is 4.02. The molecule has 0 bridgehead atoms. The highest BCUT2D eigenvalue weighted by atomic mass is 16.5. The van der Waals surface area contributed by atoms with Crippen LogP contribution < -0.4 is 15.0 Å². The van der Waals surface area contributed by atoms with Crippen molar-refractivity contribution in [2.75, 3.05) is 31.6 Å². The smallest absolute Gasteiger partial charge is 0.224 e. The number of nitrogens with one attached hydrogen (secondary N) is 1. The van der Waals surface area contributed by atoms with E-state index in [1.165, 1.54) is 5.56 Å². The van der Waals surface area contributed by atoms with Crippen LogP contribution in [0.2, 0.25) is 0 Å². The molecule has 1 aliphatic rings. The van der Waals surface area contributed by atoms with Gasteiger partial charge >= 0.3 is 0 Å². The Bertz CT molecular complexity index is 1350. The molecule has 1 N–H and O–H groups in total. The molecule has 8 heteroatoms. The van der Waals surface area contributed by atoms with E-state index < -0.39 is 0 Å². The molecule has 1 fully saturated rings. The van der Waals surface area contributed by atoms with Crippen molar-refractivity contribution in [2.45, 2.75) is 33.1 Å². The number of anilines is 1. The van der Waals surface area contributed by atoms with Gasteiger partial charge in [0.15, 0.2) is 5.82 Å². The molecule has 0 aliphatic carbocycles. The Balaban J connectivity index is 1.35. The molecule has 0 saturated carbocycles. The summed E-state index contributed by atoms with van der Waals surface area (Å²) < 4.78 is 7.23. The monoisotopic (exact) mass is 484 g/mol. The maximum atomic E-state index is 13.0. The largest absolute Gasteiger partial charge is 0.497 e. The Morgan fingerprint density at radius 1 is 1.08 bits per heavy atom. The standard InChI is InChI=1S/C28H32N6O2/c1-19-25-20(2)34(23-11-13-24(36-3)14-12-23)32-26(25)27(31-30-19)33-17-7-10-22(18-33)28(35)29-16-15-21-8-5-4-6-9-21/h4-6,8-9,11-14,22H,7,10,15-18H2,1-3H3,(H,29,35)/t22-/m0/s1. The molecule has 0 unspecified atom stereocenters. The molecule has 0 radical (unpaired) electrons. The fourth-order valence-corrected chi connectivity index (χ4v) is 5.00. The first-order valence-corrected chi connectivity index (χ1v) is 12.5. The van der Waals surface area contributed by atoms with Crippen LogP contribution in [-0.2, 0) is 11.2 Å². The van der Waals surface area contributed by atoms with Gasteiger partial charge in [-0.1, -0.05) is 30.3 Å². The summed E-state index contributed by atoms with van der Waals surface area (Å²) >= 11 is 0. The Morgan fingerprint density at radius 2 is 1.86 bits per heavy atom. The number of aromatic nitrogens is 4. The third-order valence-electron chi connectivity index (χ3n) is 6.95. The van der Waals surface area contributed by atoms with Gasteiger partial charge in [-0.05, 0) is 62.9 Å². The summed E-state index contributed by atoms with van der Waals surface area (Å²) in [5.41, 5.74) is 4.85. The minimum Gasteiger partial charge on any atom is -0.497 e. The van der Waals surface area contributed by atoms with E-state index in [2.05, 4.69) is 39.5 Å². The molecule has 2 aromatic heterocycles. The summed E-state index contributed by atoms with van der Waals surface area (Å²) in [7, 11) is 1.66. The molecule has 36 heavy (non-hydrogen) atoms. The zero-order chi connectivity index (χ0) is 25.1. The van der Waals surface area contributed by atoms with Gasteiger partial charge < -0.3 is 15.0 Å². The molecule has 0 spiro atoms. The highest BCUT2D eigenvalue weighted by Crippen LogP contribution is 2.32. The van der Waals surface area contributed by atoms with E-state index in [1.54, 1.807) is 7.11 Å². The highest BCUT2D eigenvalue weighted by Gasteiger charge is 2.29. The van der Waals surface area contributed by atoms with E-state index in [-0.39, 0.29) is 11.8 Å². The Morgan fingerprint density at radius 3 is 2.61 bits per heavy atom. The molecule has 4 aromatic rings. The number of piperidine rings is 1. The maximum Gasteiger partial charge on any atom is 0.224 e. The molecule has 1 atom stereocenters. The lowest BCUT2D eigenvalue weighted by molar-refractivity contribution is -0.125. The van der Waals surface area contributed by atoms with Gasteiger partial charge in [0.05, 0.1) is 35.5 Å². The lowest BCUT2D eigenvalue weighted by Gasteiger charge is -2.32. The normalized spacial score (nSPS) is 15.8. The second-order valence-electron chi connectivity index (χ2n) is 9.34. The molecule has 1 amide bonds. The minimum absolute atomic E-state index is 0.0857. The van der Waals surface area contributed by atoms with Crippen LogP contribution in [0.15, 0.2) is 54.6 Å². The molecule has 186 valence electrons. The molecular formula is C28H32N6O2. The van der Waals surface area contributed by atoms with Crippen molar-refractivity contribution < 1.29 is 9.53 Å². The van der Waals surface area contributed by atoms with Crippen LogP contribution in [0.5, 0.6) is 5.75 Å². The van der Waals surface area contributed by atoms with Gasteiger partial charge in [-0.15, -0.1) is 5.10 Å². The average molecular weight is 485 g/mol. The second-order valence-corrected chi connectivity index (χ2v) is 9.34. The second kappa shape index (κ2) is 10.4. The molecule has 3 heterocycles. The van der Waals surface area contributed by atoms with Crippen molar-refractivity contribution in [3.8, 4) is 11.4 Å². The van der Waals surface area contributed by atoms with Crippen molar-refractivity contribution in [3.63, 3.8) is 0 Å². The summed E-state index contributed by atoms with van der Waals surface area (Å²) in [6.45, 7) is 6.09. The average Bonchev–Trinajstić information content (AvgIpc) is 3.27. The van der Waals surface area contributed by atoms with E-state index in [0.717, 1.165) is 65.4 Å². The van der Waals surface area contributed by atoms with Crippen LogP contribution in [0, 0.1) is 19.8 Å². The number of fused-ring (bicyclic) bond motifs is 1. The van der Waals surface area contributed by atoms with E-state index in [1.807, 2.05) is 54.1 Å². The SMILES string of the molecule is COc1ccc(-n2nc3c(N4CCC[C@H](C(=O)NCCc5ccccc5)C4)nnc(C)c3c2C)cc1. The van der Waals surface area contributed by atoms with Gasteiger partial charge in [0.1, 0.15) is 11.3 Å². The number of nitrogens with zero attached hydrogens (tertiary/aromatic N) is 5. The lowest BCUT2D eigenvalue weighted by Crippen LogP contribution is -2.44. The first kappa shape index (κ1) is 23.8. The number of carbonyl (C=O) groups is 1. The third-order valence-corrected chi connectivity index (χ3v) is 6.95. The van der Waals surface area contributed by atoms with Gasteiger partial charge in [0.2, 0.25) is 5.91 Å². The van der Waals surface area contributed by atoms with Crippen molar-refractivity contribution in [3.05, 3.63) is 71.5 Å². The number of aryl methyl sites for hydroxylation is 2. The zero-order valence-corrected chi connectivity index (χ0v) is 21.1. The number of benzene rings is 2. The first-order valence-electron chi connectivity index (χ1n) is 12.5. The number of carbonyl (C=O) groups excluding carboxylic acids is 1. The Kier molecular flexibility index (Phi) is 6.84. The van der Waals surface area contributed by atoms with Crippen LogP contribution >= 0.6 is 0 Å². The number of ether oxygens (including phenoxy) is 1. The van der Waals surface area contributed by atoms with Gasteiger partial charge in [-0.25, -0.2) is 4.68 Å². The quantitative estimate of drug-likeness (QED) is 0.427. The highest BCUT2D eigenvalue weighted by molar-refractivity contribution is 5.92. The van der Waals surface area contributed by atoms with E-state index in [9.17, 15) is 4.79 Å². The molecule has 2 aromatic carbocycles. The van der Waals surface area contributed by atoms with Crippen LogP contribution in [0.1, 0.15) is 29.8 Å². The van der Waals surface area contributed by atoms with Gasteiger partial charge in [-0.3, -0.25) is 4.79 Å². The summed E-state index contributed by atoms with van der Waals surface area (Å²) in [5.74, 6) is 1.56. The Labute approximate surface area is 211 Å². The summed E-state index contributed by atoms with van der Waals surface area (Å²) in [6, 6.07) is 18.1. The zero-order valence-electron chi connectivity index (χ0n) is 21.1.